The van der Waals surface area contributed by atoms with Crippen molar-refractivity contribution in [2.45, 2.75) is 25.4 Å². The molecule has 2 aromatic rings. The predicted molar refractivity (Wildman–Crippen MR) is 82.3 cm³/mol. The Hall–Kier alpha value is -2.28. The Morgan fingerprint density at radius 3 is 3.18 bits per heavy atom. The number of carbonyl (C=O) groups excluding carboxylic acids is 1. The maximum atomic E-state index is 12.1. The molecule has 2 amide bonds. The van der Waals surface area contributed by atoms with E-state index in [1.165, 1.54) is 13.4 Å². The second-order valence-corrected chi connectivity index (χ2v) is 5.45. The molecule has 1 aliphatic rings. The summed E-state index contributed by atoms with van der Waals surface area (Å²) in [7, 11) is 1.53. The van der Waals surface area contributed by atoms with Crippen LogP contribution in [-0.2, 0) is 13.0 Å². The number of hydrogen-bond acceptors (Lipinski definition) is 4. The zero-order chi connectivity index (χ0) is 15.5. The van der Waals surface area contributed by atoms with Crippen LogP contribution in [0.2, 0.25) is 5.02 Å². The molecule has 7 nitrogen and oxygen atoms in total. The van der Waals surface area contributed by atoms with E-state index < -0.39 is 0 Å². The zero-order valence-electron chi connectivity index (χ0n) is 12.0. The van der Waals surface area contributed by atoms with E-state index in [0.29, 0.717) is 23.0 Å². The lowest BCUT2D eigenvalue weighted by atomic mass is 10.1. The Labute approximate surface area is 132 Å². The number of rotatable bonds is 3. The Kier molecular flexibility index (Phi) is 4.15. The molecule has 22 heavy (non-hydrogen) atoms. The topological polar surface area (TPSA) is 81.1 Å². The van der Waals surface area contributed by atoms with Gasteiger partial charge in [-0.1, -0.05) is 11.6 Å². The number of nitrogens with zero attached hydrogens (tertiary/aromatic N) is 3. The van der Waals surface area contributed by atoms with E-state index in [4.69, 9.17) is 16.3 Å². The minimum Gasteiger partial charge on any atom is -0.495 e. The molecule has 0 spiro atoms. The maximum absolute atomic E-state index is 12.1. The molecule has 0 aliphatic carbocycles. The first-order valence-electron chi connectivity index (χ1n) is 6.93. The van der Waals surface area contributed by atoms with Crippen molar-refractivity contribution in [3.8, 4) is 5.75 Å². The monoisotopic (exact) mass is 321 g/mol. The van der Waals surface area contributed by atoms with Gasteiger partial charge in [0.05, 0.1) is 24.7 Å². The molecule has 116 valence electrons. The van der Waals surface area contributed by atoms with Gasteiger partial charge in [-0.25, -0.2) is 14.5 Å². The molecule has 0 saturated heterocycles. The first kappa shape index (κ1) is 14.6. The van der Waals surface area contributed by atoms with E-state index >= 15 is 0 Å². The summed E-state index contributed by atoms with van der Waals surface area (Å²) in [5, 5.41) is 10.3. The van der Waals surface area contributed by atoms with Crippen LogP contribution >= 0.6 is 11.6 Å². The number of halogens is 1. The average molecular weight is 322 g/mol. The van der Waals surface area contributed by atoms with Gasteiger partial charge >= 0.3 is 6.03 Å². The minimum absolute atomic E-state index is 0.0309. The number of anilines is 1. The first-order valence-corrected chi connectivity index (χ1v) is 7.31. The van der Waals surface area contributed by atoms with Crippen molar-refractivity contribution in [2.75, 3.05) is 12.4 Å². The molecule has 1 atom stereocenters. The average Bonchev–Trinajstić information content (AvgIpc) is 2.96. The summed E-state index contributed by atoms with van der Waals surface area (Å²) >= 11 is 5.96. The number of urea groups is 1. The molecule has 0 bridgehead atoms. The quantitative estimate of drug-likeness (QED) is 0.907. The van der Waals surface area contributed by atoms with Gasteiger partial charge in [0, 0.05) is 18.2 Å². The molecule has 3 rings (SSSR count). The van der Waals surface area contributed by atoms with Crippen LogP contribution in [0.5, 0.6) is 5.75 Å². The van der Waals surface area contributed by atoms with Gasteiger partial charge in [-0.2, -0.15) is 5.10 Å². The first-order chi connectivity index (χ1) is 10.7. The fourth-order valence-corrected chi connectivity index (χ4v) is 2.64. The summed E-state index contributed by atoms with van der Waals surface area (Å²) < 4.78 is 6.94. The molecule has 2 heterocycles. The molecular weight excluding hydrogens is 306 g/mol. The van der Waals surface area contributed by atoms with E-state index in [2.05, 4.69) is 20.7 Å². The maximum Gasteiger partial charge on any atom is 0.319 e. The highest BCUT2D eigenvalue weighted by Gasteiger charge is 2.21. The fraction of sp³-hybridized carbons (Fsp3) is 0.357. The van der Waals surface area contributed by atoms with Crippen LogP contribution in [0.4, 0.5) is 10.5 Å². The lowest BCUT2D eigenvalue weighted by Crippen LogP contribution is -2.43. The molecule has 8 heteroatoms. The van der Waals surface area contributed by atoms with E-state index in [-0.39, 0.29) is 12.1 Å². The molecule has 1 aromatic carbocycles. The highest BCUT2D eigenvalue weighted by molar-refractivity contribution is 6.32. The summed E-state index contributed by atoms with van der Waals surface area (Å²) in [6.45, 7) is 0.632. The van der Waals surface area contributed by atoms with Crippen molar-refractivity contribution in [2.24, 2.45) is 0 Å². The van der Waals surface area contributed by atoms with Crippen LogP contribution in [0.25, 0.3) is 0 Å². The minimum atomic E-state index is -0.266. The number of nitrogens with one attached hydrogen (secondary N) is 2. The third kappa shape index (κ3) is 3.14. The highest BCUT2D eigenvalue weighted by Crippen LogP contribution is 2.27. The van der Waals surface area contributed by atoms with Gasteiger partial charge in [0.15, 0.2) is 0 Å². The van der Waals surface area contributed by atoms with Gasteiger partial charge in [-0.3, -0.25) is 0 Å². The van der Waals surface area contributed by atoms with Gasteiger partial charge in [0.1, 0.15) is 17.9 Å². The normalized spacial score (nSPS) is 16.7. The molecule has 0 radical (unpaired) electrons. The van der Waals surface area contributed by atoms with Crippen LogP contribution in [0.15, 0.2) is 24.5 Å². The predicted octanol–water partition coefficient (Wildman–Crippen LogP) is 2.08. The zero-order valence-corrected chi connectivity index (χ0v) is 12.8. The second kappa shape index (κ2) is 6.23. The number of methoxy groups -OCH3 is 1. The van der Waals surface area contributed by atoms with Crippen molar-refractivity contribution in [3.63, 3.8) is 0 Å². The van der Waals surface area contributed by atoms with E-state index in [1.807, 2.05) is 4.68 Å². The van der Waals surface area contributed by atoms with E-state index in [0.717, 1.165) is 18.7 Å². The Morgan fingerprint density at radius 1 is 1.50 bits per heavy atom. The lowest BCUT2D eigenvalue weighted by molar-refractivity contribution is 0.243. The lowest BCUT2D eigenvalue weighted by Gasteiger charge is -2.23. The summed E-state index contributed by atoms with van der Waals surface area (Å²) in [5.74, 6) is 1.48. The number of aromatic nitrogens is 3. The molecule has 1 aliphatic heterocycles. The van der Waals surface area contributed by atoms with Crippen LogP contribution in [0, 0.1) is 0 Å². The number of ether oxygens (including phenoxy) is 1. The van der Waals surface area contributed by atoms with Gasteiger partial charge in [-0.15, -0.1) is 0 Å². The number of fused-ring (bicyclic) bond motifs is 1. The van der Waals surface area contributed by atoms with Gasteiger partial charge in [0.2, 0.25) is 0 Å². The van der Waals surface area contributed by atoms with Gasteiger partial charge in [-0.05, 0) is 18.6 Å². The smallest absolute Gasteiger partial charge is 0.319 e. The van der Waals surface area contributed by atoms with Crippen molar-refractivity contribution in [1.29, 1.82) is 0 Å². The van der Waals surface area contributed by atoms with E-state index in [1.54, 1.807) is 18.2 Å². The highest BCUT2D eigenvalue weighted by atomic mass is 35.5. The second-order valence-electron chi connectivity index (χ2n) is 5.04. The molecular formula is C14H16ClN5O2. The number of amides is 2. The third-order valence-corrected chi connectivity index (χ3v) is 3.86. The standard InChI is InChI=1S/C14H16ClN5O2/c1-22-12-6-9(2-4-11(12)15)18-14(21)19-10-3-5-13-16-8-17-20(13)7-10/h2,4,6,8,10H,3,5,7H2,1H3,(H2,18,19,21)/t10-/m0/s1. The summed E-state index contributed by atoms with van der Waals surface area (Å²) in [4.78, 5) is 16.2. The van der Waals surface area contributed by atoms with Crippen LogP contribution in [-0.4, -0.2) is 33.9 Å². The summed E-state index contributed by atoms with van der Waals surface area (Å²) in [5.41, 5.74) is 0.621. The Balaban J connectivity index is 1.59. The van der Waals surface area contributed by atoms with Crippen molar-refractivity contribution < 1.29 is 9.53 Å². The third-order valence-electron chi connectivity index (χ3n) is 3.55. The Bertz CT molecular complexity index is 688. The molecule has 1 aromatic heterocycles. The molecule has 0 unspecified atom stereocenters. The number of aryl methyl sites for hydroxylation is 1. The molecule has 0 fully saturated rings. The largest absolute Gasteiger partial charge is 0.495 e. The molecule has 0 saturated carbocycles. The van der Waals surface area contributed by atoms with Crippen molar-refractivity contribution in [1.82, 2.24) is 20.1 Å². The van der Waals surface area contributed by atoms with Gasteiger partial charge < -0.3 is 15.4 Å². The van der Waals surface area contributed by atoms with Crippen molar-refractivity contribution in [3.05, 3.63) is 35.4 Å². The van der Waals surface area contributed by atoms with Gasteiger partial charge in [0.25, 0.3) is 0 Å². The van der Waals surface area contributed by atoms with E-state index in [9.17, 15) is 4.79 Å². The SMILES string of the molecule is COc1cc(NC(=O)N[C@H]2CCc3ncnn3C2)ccc1Cl. The Morgan fingerprint density at radius 2 is 2.36 bits per heavy atom. The summed E-state index contributed by atoms with van der Waals surface area (Å²) in [6, 6.07) is 4.85. The van der Waals surface area contributed by atoms with Crippen LogP contribution in [0.3, 0.4) is 0 Å². The van der Waals surface area contributed by atoms with Crippen LogP contribution < -0.4 is 15.4 Å². The number of benzene rings is 1. The van der Waals surface area contributed by atoms with Crippen LogP contribution in [0.1, 0.15) is 12.2 Å². The molecule has 2 N–H and O–H groups in total. The number of carbonyl (C=O) groups is 1. The summed E-state index contributed by atoms with van der Waals surface area (Å²) in [6.07, 6.45) is 3.19. The number of hydrogen-bond donors (Lipinski definition) is 2. The fourth-order valence-electron chi connectivity index (χ4n) is 2.45. The van der Waals surface area contributed by atoms with Crippen molar-refractivity contribution >= 4 is 23.3 Å².